The lowest BCUT2D eigenvalue weighted by Crippen LogP contribution is -2.31. The molecule has 2 unspecified atom stereocenters. The van der Waals surface area contributed by atoms with E-state index in [0.717, 1.165) is 11.1 Å². The van der Waals surface area contributed by atoms with Gasteiger partial charge in [-0.2, -0.15) is 0 Å². The maximum Gasteiger partial charge on any atom is 0.254 e. The fourth-order valence-corrected chi connectivity index (χ4v) is 3.81. The van der Waals surface area contributed by atoms with Crippen LogP contribution in [0.3, 0.4) is 0 Å². The number of hydrogen-bond donors (Lipinski definition) is 4. The molecule has 0 spiro atoms. The summed E-state index contributed by atoms with van der Waals surface area (Å²) in [4.78, 5) is 28.4. The van der Waals surface area contributed by atoms with Crippen LogP contribution in [-0.4, -0.2) is 35.1 Å². The molecule has 2 aromatic carbocycles. The fraction of sp³-hybridized carbons (Fsp3) is 0.208. The van der Waals surface area contributed by atoms with Crippen LogP contribution in [0.2, 0.25) is 0 Å². The molecule has 2 heterocycles. The van der Waals surface area contributed by atoms with Crippen molar-refractivity contribution in [3.63, 3.8) is 0 Å². The maximum atomic E-state index is 14.9. The number of rotatable bonds is 6. The van der Waals surface area contributed by atoms with E-state index in [-0.39, 0.29) is 29.8 Å². The van der Waals surface area contributed by atoms with Gasteiger partial charge in [0.1, 0.15) is 11.6 Å². The Kier molecular flexibility index (Phi) is 6.13. The molecule has 0 aliphatic carbocycles. The van der Waals surface area contributed by atoms with Crippen molar-refractivity contribution in [1.82, 2.24) is 15.6 Å². The smallest absolute Gasteiger partial charge is 0.254 e. The van der Waals surface area contributed by atoms with Crippen LogP contribution in [0.25, 0.3) is 11.1 Å². The zero-order valence-electron chi connectivity index (χ0n) is 17.2. The molecule has 32 heavy (non-hydrogen) atoms. The van der Waals surface area contributed by atoms with Crippen molar-refractivity contribution in [3.05, 3.63) is 83.3 Å². The Balaban J connectivity index is 1.57. The molecule has 8 heteroatoms. The van der Waals surface area contributed by atoms with E-state index in [2.05, 4.69) is 15.6 Å². The summed E-state index contributed by atoms with van der Waals surface area (Å²) in [6.45, 7) is 0.202. The van der Waals surface area contributed by atoms with Crippen molar-refractivity contribution < 1.29 is 19.1 Å². The highest BCUT2D eigenvalue weighted by Crippen LogP contribution is 2.31. The zero-order chi connectivity index (χ0) is 22.7. The van der Waals surface area contributed by atoms with Crippen LogP contribution in [-0.2, 0) is 4.79 Å². The van der Waals surface area contributed by atoms with Crippen LogP contribution in [0.15, 0.2) is 60.8 Å². The third-order valence-electron chi connectivity index (χ3n) is 5.60. The van der Waals surface area contributed by atoms with Crippen LogP contribution in [0.1, 0.15) is 39.9 Å². The van der Waals surface area contributed by atoms with Gasteiger partial charge in [-0.1, -0.05) is 36.4 Å². The third kappa shape index (κ3) is 4.45. The Morgan fingerprint density at radius 2 is 2.03 bits per heavy atom. The molecule has 0 saturated carbocycles. The van der Waals surface area contributed by atoms with Gasteiger partial charge >= 0.3 is 0 Å². The Labute approximate surface area is 184 Å². The number of anilines is 1. The van der Waals surface area contributed by atoms with Crippen molar-refractivity contribution >= 4 is 17.6 Å². The second-order valence-corrected chi connectivity index (χ2v) is 7.72. The predicted molar refractivity (Wildman–Crippen MR) is 118 cm³/mol. The number of nitrogens with two attached hydrogens (primary N) is 1. The Morgan fingerprint density at radius 1 is 1.25 bits per heavy atom. The number of aliphatic hydroxyl groups excluding tert-OH is 1. The lowest BCUT2D eigenvalue weighted by Gasteiger charge is -2.17. The van der Waals surface area contributed by atoms with Gasteiger partial charge in [-0.3, -0.25) is 9.59 Å². The molecular formula is C24H23FN4O3. The largest absolute Gasteiger partial charge is 0.394 e. The number of aromatic nitrogens is 1. The summed E-state index contributed by atoms with van der Waals surface area (Å²) in [5.74, 6) is -1.16. The molecule has 2 amide bonds. The summed E-state index contributed by atoms with van der Waals surface area (Å²) in [5.41, 5.74) is 8.44. The van der Waals surface area contributed by atoms with Gasteiger partial charge in [0.2, 0.25) is 5.91 Å². The zero-order valence-corrected chi connectivity index (χ0v) is 17.2. The van der Waals surface area contributed by atoms with Gasteiger partial charge in [0.05, 0.1) is 18.2 Å². The highest BCUT2D eigenvalue weighted by Gasteiger charge is 2.24. The molecule has 1 aliphatic rings. The number of pyridine rings is 1. The number of carbonyl (C=O) groups is 2. The minimum Gasteiger partial charge on any atom is -0.394 e. The van der Waals surface area contributed by atoms with Crippen molar-refractivity contribution in [3.8, 4) is 11.1 Å². The second-order valence-electron chi connectivity index (χ2n) is 7.72. The lowest BCUT2D eigenvalue weighted by atomic mass is 9.95. The number of benzene rings is 2. The maximum absolute atomic E-state index is 14.9. The van der Waals surface area contributed by atoms with Gasteiger partial charge in [0.15, 0.2) is 0 Å². The number of nitrogens with zero attached hydrogens (tertiary/aromatic N) is 1. The number of nitrogen functional groups attached to an aromatic ring is 1. The van der Waals surface area contributed by atoms with Crippen molar-refractivity contribution in [1.29, 1.82) is 0 Å². The molecule has 0 bridgehead atoms. The van der Waals surface area contributed by atoms with Crippen LogP contribution in [0.5, 0.6) is 0 Å². The highest BCUT2D eigenvalue weighted by atomic mass is 19.1. The van der Waals surface area contributed by atoms with Crippen LogP contribution >= 0.6 is 0 Å². The standard InChI is InChI=1S/C24H23FN4O3/c25-20-9-15(19-8-16(12-28-23(19)26)17-10-22(31)27-11-17)6-7-18(20)24(32)29-21(13-30)14-4-2-1-3-5-14/h1-9,12,17,21,30H,10-11,13H2,(H2,26,28)(H,27,31)(H,29,32). The number of amides is 2. The summed E-state index contributed by atoms with van der Waals surface area (Å²) < 4.78 is 14.9. The molecular weight excluding hydrogens is 411 g/mol. The number of halogens is 1. The summed E-state index contributed by atoms with van der Waals surface area (Å²) >= 11 is 0. The Morgan fingerprint density at radius 3 is 2.69 bits per heavy atom. The molecule has 1 aromatic heterocycles. The van der Waals surface area contributed by atoms with E-state index in [4.69, 9.17) is 5.73 Å². The van der Waals surface area contributed by atoms with E-state index in [0.29, 0.717) is 24.1 Å². The first kappa shape index (κ1) is 21.5. The van der Waals surface area contributed by atoms with Gasteiger partial charge in [0.25, 0.3) is 5.91 Å². The van der Waals surface area contributed by atoms with Gasteiger partial charge in [-0.05, 0) is 34.9 Å². The Hall–Kier alpha value is -3.78. The monoisotopic (exact) mass is 434 g/mol. The van der Waals surface area contributed by atoms with Crippen LogP contribution < -0.4 is 16.4 Å². The first-order valence-electron chi connectivity index (χ1n) is 10.2. The van der Waals surface area contributed by atoms with Gasteiger partial charge < -0.3 is 21.5 Å². The molecule has 2 atom stereocenters. The molecule has 7 nitrogen and oxygen atoms in total. The van der Waals surface area contributed by atoms with Gasteiger partial charge in [-0.15, -0.1) is 0 Å². The van der Waals surface area contributed by atoms with Crippen molar-refractivity contribution in [2.75, 3.05) is 18.9 Å². The van der Waals surface area contributed by atoms with E-state index in [9.17, 15) is 19.1 Å². The molecule has 1 aliphatic heterocycles. The molecule has 3 aromatic rings. The fourth-order valence-electron chi connectivity index (χ4n) is 3.81. The number of hydrogen-bond acceptors (Lipinski definition) is 5. The van der Waals surface area contributed by atoms with E-state index in [1.54, 1.807) is 42.6 Å². The number of carbonyl (C=O) groups excluding carboxylic acids is 2. The molecule has 4 rings (SSSR count). The molecule has 164 valence electrons. The normalized spacial score (nSPS) is 16.4. The third-order valence-corrected chi connectivity index (χ3v) is 5.60. The van der Waals surface area contributed by atoms with Crippen LogP contribution in [0, 0.1) is 5.82 Å². The molecule has 0 radical (unpaired) electrons. The first-order valence-corrected chi connectivity index (χ1v) is 10.2. The summed E-state index contributed by atoms with van der Waals surface area (Å²) in [6, 6.07) is 14.3. The van der Waals surface area contributed by atoms with Crippen molar-refractivity contribution in [2.45, 2.75) is 18.4 Å². The van der Waals surface area contributed by atoms with Gasteiger partial charge in [0, 0.05) is 30.6 Å². The van der Waals surface area contributed by atoms with Crippen LogP contribution in [0.4, 0.5) is 10.2 Å². The average Bonchev–Trinajstić information content (AvgIpc) is 3.24. The Bertz CT molecular complexity index is 1150. The van der Waals surface area contributed by atoms with E-state index in [1.807, 2.05) is 6.07 Å². The second kappa shape index (κ2) is 9.15. The minimum atomic E-state index is -0.715. The number of aliphatic hydroxyl groups is 1. The van der Waals surface area contributed by atoms with E-state index < -0.39 is 17.8 Å². The van der Waals surface area contributed by atoms with E-state index in [1.165, 1.54) is 12.1 Å². The average molecular weight is 434 g/mol. The predicted octanol–water partition coefficient (Wildman–Crippen LogP) is 2.54. The topological polar surface area (TPSA) is 117 Å². The van der Waals surface area contributed by atoms with E-state index >= 15 is 0 Å². The summed E-state index contributed by atoms with van der Waals surface area (Å²) in [5, 5.41) is 15.1. The minimum absolute atomic E-state index is 0.0161. The van der Waals surface area contributed by atoms with Crippen molar-refractivity contribution in [2.24, 2.45) is 0 Å². The highest BCUT2D eigenvalue weighted by molar-refractivity contribution is 5.95. The molecule has 5 N–H and O–H groups in total. The quantitative estimate of drug-likeness (QED) is 0.476. The van der Waals surface area contributed by atoms with Gasteiger partial charge in [-0.25, -0.2) is 9.37 Å². The number of nitrogens with one attached hydrogen (secondary N) is 2. The lowest BCUT2D eigenvalue weighted by molar-refractivity contribution is -0.119. The summed E-state index contributed by atoms with van der Waals surface area (Å²) in [6.07, 6.45) is 1.99. The summed E-state index contributed by atoms with van der Waals surface area (Å²) in [7, 11) is 0. The first-order chi connectivity index (χ1) is 15.5. The molecule has 1 fully saturated rings. The SMILES string of the molecule is Nc1ncc(C2CNC(=O)C2)cc1-c1ccc(C(=O)NC(CO)c2ccccc2)c(F)c1. The molecule has 1 saturated heterocycles.